The van der Waals surface area contributed by atoms with Gasteiger partial charge in [-0.05, 0) is 47.6 Å². The van der Waals surface area contributed by atoms with Gasteiger partial charge in [0.25, 0.3) is 0 Å². The summed E-state index contributed by atoms with van der Waals surface area (Å²) in [5.41, 5.74) is 1.05. The number of aryl methyl sites for hydroxylation is 1. The minimum Gasteiger partial charge on any atom is -0.404 e. The quantitative estimate of drug-likeness (QED) is 0.686. The number of rotatable bonds is 4. The van der Waals surface area contributed by atoms with Crippen molar-refractivity contribution in [2.24, 2.45) is 0 Å². The van der Waals surface area contributed by atoms with E-state index in [-0.39, 0.29) is 11.9 Å². The molecule has 0 aromatic carbocycles. The highest BCUT2D eigenvalue weighted by Gasteiger charge is 2.22. The first-order valence-electron chi connectivity index (χ1n) is 5.20. The summed E-state index contributed by atoms with van der Waals surface area (Å²) in [7, 11) is 1.80. The molecule has 1 unspecified atom stereocenters. The largest absolute Gasteiger partial charge is 0.433 e. The first kappa shape index (κ1) is 13.3. The van der Waals surface area contributed by atoms with Crippen LogP contribution in [0.2, 0.25) is 0 Å². The van der Waals surface area contributed by atoms with Crippen molar-refractivity contribution < 1.29 is 9.34 Å². The van der Waals surface area contributed by atoms with E-state index in [2.05, 4.69) is 21.2 Å². The zero-order valence-electron chi connectivity index (χ0n) is 9.77. The number of nitro groups is 1. The van der Waals surface area contributed by atoms with Crippen molar-refractivity contribution in [1.29, 1.82) is 0 Å². The molecule has 0 saturated carbocycles. The average molecular weight is 331 g/mol. The fourth-order valence-corrected chi connectivity index (χ4v) is 3.54. The summed E-state index contributed by atoms with van der Waals surface area (Å²) in [6, 6.07) is 4.82. The second kappa shape index (κ2) is 5.21. The van der Waals surface area contributed by atoms with E-state index < -0.39 is 4.92 Å². The number of furan rings is 1. The molecule has 2 rings (SSSR count). The molecule has 2 heterocycles. The molecule has 96 valence electrons. The third kappa shape index (κ3) is 2.47. The van der Waals surface area contributed by atoms with Gasteiger partial charge < -0.3 is 9.73 Å². The van der Waals surface area contributed by atoms with Crippen molar-refractivity contribution in [3.8, 4) is 0 Å². The van der Waals surface area contributed by atoms with Gasteiger partial charge in [-0.15, -0.1) is 11.3 Å². The fraction of sp³-hybridized carbons (Fsp3) is 0.273. The molecule has 7 heteroatoms. The van der Waals surface area contributed by atoms with E-state index in [1.54, 1.807) is 24.5 Å². The van der Waals surface area contributed by atoms with Crippen LogP contribution in [0.15, 0.2) is 26.4 Å². The van der Waals surface area contributed by atoms with Gasteiger partial charge in [0.05, 0.1) is 15.9 Å². The van der Waals surface area contributed by atoms with Gasteiger partial charge in [0.1, 0.15) is 10.7 Å². The van der Waals surface area contributed by atoms with Crippen molar-refractivity contribution in [2.75, 3.05) is 7.05 Å². The van der Waals surface area contributed by atoms with Crippen LogP contribution >= 0.6 is 27.3 Å². The van der Waals surface area contributed by atoms with E-state index in [1.807, 2.05) is 13.0 Å². The third-order valence-electron chi connectivity index (χ3n) is 2.60. The van der Waals surface area contributed by atoms with Crippen LogP contribution in [-0.2, 0) is 0 Å². The maximum Gasteiger partial charge on any atom is 0.433 e. The standard InChI is InChI=1S/C11H11BrN2O3S/c1-6-7(5-9(12)18-6)11(13-2)8-3-4-10(17-8)14(15)16/h3-5,11,13H,1-2H3. The highest BCUT2D eigenvalue weighted by atomic mass is 79.9. The van der Waals surface area contributed by atoms with Crippen molar-refractivity contribution in [3.63, 3.8) is 0 Å². The summed E-state index contributed by atoms with van der Waals surface area (Å²) in [5.74, 6) is 0.301. The van der Waals surface area contributed by atoms with Gasteiger partial charge in [-0.25, -0.2) is 0 Å². The number of nitrogens with one attached hydrogen (secondary N) is 1. The van der Waals surface area contributed by atoms with E-state index in [0.717, 1.165) is 14.2 Å². The molecular weight excluding hydrogens is 320 g/mol. The normalized spacial score (nSPS) is 12.6. The molecular formula is C11H11BrN2O3S. The topological polar surface area (TPSA) is 68.3 Å². The lowest BCUT2D eigenvalue weighted by atomic mass is 10.1. The summed E-state index contributed by atoms with van der Waals surface area (Å²) < 4.78 is 6.27. The Morgan fingerprint density at radius 3 is 2.72 bits per heavy atom. The first-order chi connectivity index (χ1) is 8.52. The molecule has 0 aliphatic rings. The monoisotopic (exact) mass is 330 g/mol. The molecule has 0 aliphatic carbocycles. The molecule has 2 aromatic heterocycles. The van der Waals surface area contributed by atoms with Crippen LogP contribution in [0.4, 0.5) is 5.88 Å². The van der Waals surface area contributed by atoms with Gasteiger partial charge in [0.15, 0.2) is 0 Å². The lowest BCUT2D eigenvalue weighted by Crippen LogP contribution is -2.17. The SMILES string of the molecule is CNC(c1ccc([N+](=O)[O-])o1)c1cc(Br)sc1C. The first-order valence-corrected chi connectivity index (χ1v) is 6.81. The smallest absolute Gasteiger partial charge is 0.404 e. The van der Waals surface area contributed by atoms with Crippen LogP contribution in [-0.4, -0.2) is 12.0 Å². The molecule has 2 aromatic rings. The molecule has 0 fully saturated rings. The summed E-state index contributed by atoms with van der Waals surface area (Å²) in [6.45, 7) is 2.01. The van der Waals surface area contributed by atoms with Crippen LogP contribution < -0.4 is 5.32 Å². The number of hydrogen-bond acceptors (Lipinski definition) is 5. The molecule has 0 amide bonds. The van der Waals surface area contributed by atoms with Crippen molar-refractivity contribution in [3.05, 3.63) is 48.3 Å². The second-order valence-corrected chi connectivity index (χ2v) is 6.35. The minimum absolute atomic E-state index is 0.179. The van der Waals surface area contributed by atoms with Crippen molar-refractivity contribution >= 4 is 33.2 Å². The van der Waals surface area contributed by atoms with Crippen LogP contribution in [0.25, 0.3) is 0 Å². The number of thiophene rings is 1. The molecule has 0 aliphatic heterocycles. The van der Waals surface area contributed by atoms with E-state index in [9.17, 15) is 10.1 Å². The van der Waals surface area contributed by atoms with E-state index in [0.29, 0.717) is 5.76 Å². The molecule has 1 N–H and O–H groups in total. The molecule has 18 heavy (non-hydrogen) atoms. The zero-order valence-corrected chi connectivity index (χ0v) is 12.2. The summed E-state index contributed by atoms with van der Waals surface area (Å²) in [4.78, 5) is 11.2. The minimum atomic E-state index is -0.535. The van der Waals surface area contributed by atoms with Gasteiger partial charge in [0.2, 0.25) is 0 Å². The summed E-state index contributed by atoms with van der Waals surface area (Å²) in [5, 5.41) is 13.7. The zero-order chi connectivity index (χ0) is 13.3. The third-order valence-corrected chi connectivity index (χ3v) is 4.17. The maximum atomic E-state index is 10.6. The van der Waals surface area contributed by atoms with Crippen molar-refractivity contribution in [1.82, 2.24) is 5.32 Å². The molecule has 1 atom stereocenters. The average Bonchev–Trinajstić information content (AvgIpc) is 2.88. The van der Waals surface area contributed by atoms with E-state index >= 15 is 0 Å². The van der Waals surface area contributed by atoms with Gasteiger partial charge in [-0.2, -0.15) is 0 Å². The van der Waals surface area contributed by atoms with Gasteiger partial charge in [0, 0.05) is 4.88 Å². The Kier molecular flexibility index (Phi) is 3.84. The van der Waals surface area contributed by atoms with Gasteiger partial charge >= 0.3 is 5.88 Å². The Labute approximate surface area is 116 Å². The van der Waals surface area contributed by atoms with Gasteiger partial charge in [-0.3, -0.25) is 10.1 Å². The van der Waals surface area contributed by atoms with Crippen molar-refractivity contribution in [2.45, 2.75) is 13.0 Å². The second-order valence-electron chi connectivity index (χ2n) is 3.72. The number of hydrogen-bond donors (Lipinski definition) is 1. The highest BCUT2D eigenvalue weighted by molar-refractivity contribution is 9.11. The lowest BCUT2D eigenvalue weighted by molar-refractivity contribution is -0.402. The Hall–Kier alpha value is -1.18. The van der Waals surface area contributed by atoms with Crippen LogP contribution in [0.1, 0.15) is 22.2 Å². The Morgan fingerprint density at radius 1 is 1.56 bits per heavy atom. The molecule has 0 radical (unpaired) electrons. The molecule has 0 spiro atoms. The predicted octanol–water partition coefficient (Wildman–Crippen LogP) is 3.63. The Bertz CT molecular complexity index is 579. The predicted molar refractivity (Wildman–Crippen MR) is 73.0 cm³/mol. The van der Waals surface area contributed by atoms with Crippen LogP contribution in [0.3, 0.4) is 0 Å². The molecule has 0 saturated heterocycles. The fourth-order valence-electron chi connectivity index (χ4n) is 1.79. The summed E-state index contributed by atoms with van der Waals surface area (Å²) >= 11 is 5.06. The Balaban J connectivity index is 2.38. The summed E-state index contributed by atoms with van der Waals surface area (Å²) in [6.07, 6.45) is 0. The molecule has 5 nitrogen and oxygen atoms in total. The van der Waals surface area contributed by atoms with E-state index in [4.69, 9.17) is 4.42 Å². The van der Waals surface area contributed by atoms with Gasteiger partial charge in [-0.1, -0.05) is 0 Å². The maximum absolute atomic E-state index is 10.6. The van der Waals surface area contributed by atoms with Crippen LogP contribution in [0.5, 0.6) is 0 Å². The van der Waals surface area contributed by atoms with E-state index in [1.165, 1.54) is 6.07 Å². The molecule has 0 bridgehead atoms. The Morgan fingerprint density at radius 2 is 2.28 bits per heavy atom. The lowest BCUT2D eigenvalue weighted by Gasteiger charge is -2.12. The highest BCUT2D eigenvalue weighted by Crippen LogP contribution is 2.34. The number of nitrogens with zero attached hydrogens (tertiary/aromatic N) is 1. The number of halogens is 1. The van der Waals surface area contributed by atoms with Crippen LogP contribution in [0, 0.1) is 17.0 Å².